The molecule has 2 amide bonds. The third-order valence-electron chi connectivity index (χ3n) is 4.44. The summed E-state index contributed by atoms with van der Waals surface area (Å²) >= 11 is 0. The van der Waals surface area contributed by atoms with Crippen LogP contribution in [-0.2, 0) is 11.3 Å². The van der Waals surface area contributed by atoms with Crippen molar-refractivity contribution >= 4 is 11.8 Å². The second kappa shape index (κ2) is 6.81. The van der Waals surface area contributed by atoms with E-state index in [1.165, 1.54) is 4.90 Å². The number of rotatable bonds is 3. The number of hydrogen-bond donors (Lipinski definition) is 0. The number of nitrogens with zero attached hydrogens (tertiary/aromatic N) is 2. The van der Waals surface area contributed by atoms with E-state index in [9.17, 15) is 9.59 Å². The lowest BCUT2D eigenvalue weighted by atomic mass is 9.90. The zero-order chi connectivity index (χ0) is 18.0. The first kappa shape index (κ1) is 17.4. The number of imide groups is 1. The summed E-state index contributed by atoms with van der Waals surface area (Å²) in [6, 6.07) is 19.1. The molecular formula is C21H24N2O2. The highest BCUT2D eigenvalue weighted by atomic mass is 16.2. The Balaban J connectivity index is 1.92. The Morgan fingerprint density at radius 2 is 1.56 bits per heavy atom. The van der Waals surface area contributed by atoms with Gasteiger partial charge < -0.3 is 0 Å². The Morgan fingerprint density at radius 1 is 1.00 bits per heavy atom. The molecule has 1 aliphatic heterocycles. The van der Waals surface area contributed by atoms with Gasteiger partial charge in [0.15, 0.2) is 0 Å². The average molecular weight is 336 g/mol. The molecule has 25 heavy (non-hydrogen) atoms. The van der Waals surface area contributed by atoms with Crippen LogP contribution < -0.4 is 0 Å². The summed E-state index contributed by atoms with van der Waals surface area (Å²) in [5.41, 5.74) is 1.44. The quantitative estimate of drug-likeness (QED) is 0.805. The Kier molecular flexibility index (Phi) is 4.73. The second-order valence-electron chi connectivity index (χ2n) is 7.57. The van der Waals surface area contributed by atoms with Gasteiger partial charge in [-0.25, -0.2) is 0 Å². The third-order valence-corrected chi connectivity index (χ3v) is 4.44. The minimum atomic E-state index is -0.270. The molecule has 0 bridgehead atoms. The monoisotopic (exact) mass is 336 g/mol. The van der Waals surface area contributed by atoms with Crippen molar-refractivity contribution in [2.24, 2.45) is 5.41 Å². The van der Waals surface area contributed by atoms with Crippen LogP contribution in [-0.4, -0.2) is 34.3 Å². The van der Waals surface area contributed by atoms with Gasteiger partial charge in [-0.15, -0.1) is 0 Å². The SMILES string of the molecule is CC(C)(C)C1N(Cc2ccccc2)CC(=O)N1C(=O)c1ccccc1. The van der Waals surface area contributed by atoms with Crippen molar-refractivity contribution in [2.45, 2.75) is 33.5 Å². The third kappa shape index (κ3) is 3.64. The zero-order valence-electron chi connectivity index (χ0n) is 15.0. The lowest BCUT2D eigenvalue weighted by molar-refractivity contribution is -0.126. The zero-order valence-corrected chi connectivity index (χ0v) is 15.0. The molecule has 1 saturated heterocycles. The number of carbonyl (C=O) groups is 2. The largest absolute Gasteiger partial charge is 0.273 e. The van der Waals surface area contributed by atoms with Gasteiger partial charge in [0.25, 0.3) is 5.91 Å². The van der Waals surface area contributed by atoms with E-state index in [2.05, 4.69) is 25.7 Å². The van der Waals surface area contributed by atoms with E-state index in [-0.39, 0.29) is 29.9 Å². The van der Waals surface area contributed by atoms with E-state index in [0.29, 0.717) is 12.1 Å². The highest BCUT2D eigenvalue weighted by molar-refractivity contribution is 6.06. The van der Waals surface area contributed by atoms with Gasteiger partial charge in [0.1, 0.15) is 0 Å². The van der Waals surface area contributed by atoms with Gasteiger partial charge >= 0.3 is 0 Å². The first-order valence-electron chi connectivity index (χ1n) is 8.57. The van der Waals surface area contributed by atoms with E-state index in [1.807, 2.05) is 48.5 Å². The van der Waals surface area contributed by atoms with Crippen molar-refractivity contribution in [1.82, 2.24) is 9.80 Å². The first-order valence-corrected chi connectivity index (χ1v) is 8.57. The van der Waals surface area contributed by atoms with Crippen molar-refractivity contribution in [1.29, 1.82) is 0 Å². The summed E-state index contributed by atoms with van der Waals surface area (Å²) in [7, 11) is 0. The van der Waals surface area contributed by atoms with E-state index in [1.54, 1.807) is 12.1 Å². The maximum Gasteiger partial charge on any atom is 0.261 e. The van der Waals surface area contributed by atoms with Crippen LogP contribution in [0.4, 0.5) is 0 Å². The van der Waals surface area contributed by atoms with Gasteiger partial charge in [0, 0.05) is 12.1 Å². The van der Waals surface area contributed by atoms with E-state index in [4.69, 9.17) is 0 Å². The van der Waals surface area contributed by atoms with Gasteiger partial charge in [-0.3, -0.25) is 19.4 Å². The molecule has 0 N–H and O–H groups in total. The van der Waals surface area contributed by atoms with E-state index >= 15 is 0 Å². The molecule has 1 atom stereocenters. The van der Waals surface area contributed by atoms with Crippen molar-refractivity contribution in [2.75, 3.05) is 6.54 Å². The number of carbonyl (C=O) groups excluding carboxylic acids is 2. The molecule has 4 nitrogen and oxygen atoms in total. The smallest absolute Gasteiger partial charge is 0.261 e. The van der Waals surface area contributed by atoms with Crippen LogP contribution in [0.2, 0.25) is 0 Å². The highest BCUT2D eigenvalue weighted by Crippen LogP contribution is 2.33. The van der Waals surface area contributed by atoms with Gasteiger partial charge in [-0.1, -0.05) is 69.3 Å². The average Bonchev–Trinajstić information content (AvgIpc) is 2.92. The van der Waals surface area contributed by atoms with Crippen LogP contribution in [0.25, 0.3) is 0 Å². The summed E-state index contributed by atoms with van der Waals surface area (Å²) < 4.78 is 0. The van der Waals surface area contributed by atoms with Gasteiger partial charge in [-0.05, 0) is 23.1 Å². The summed E-state index contributed by atoms with van der Waals surface area (Å²) in [6.07, 6.45) is -0.270. The van der Waals surface area contributed by atoms with Crippen molar-refractivity contribution in [3.63, 3.8) is 0 Å². The Labute approximate surface area is 149 Å². The molecule has 1 unspecified atom stereocenters. The Hall–Kier alpha value is -2.46. The fourth-order valence-corrected chi connectivity index (χ4v) is 3.48. The maximum atomic E-state index is 13.0. The van der Waals surface area contributed by atoms with Crippen molar-refractivity contribution in [3.8, 4) is 0 Å². The molecule has 1 heterocycles. The van der Waals surface area contributed by atoms with Gasteiger partial charge in [0.2, 0.25) is 5.91 Å². The lowest BCUT2D eigenvalue weighted by Gasteiger charge is -2.38. The van der Waals surface area contributed by atoms with Crippen molar-refractivity contribution in [3.05, 3.63) is 71.8 Å². The molecule has 1 fully saturated rings. The molecule has 0 radical (unpaired) electrons. The number of benzene rings is 2. The molecule has 0 spiro atoms. The summed E-state index contributed by atoms with van der Waals surface area (Å²) in [5, 5.41) is 0. The molecule has 0 saturated carbocycles. The van der Waals surface area contributed by atoms with Crippen LogP contribution in [0.15, 0.2) is 60.7 Å². The standard InChI is InChI=1S/C21H24N2O2/c1-21(2,3)20-22(14-16-10-6-4-7-11-16)15-18(24)23(20)19(25)17-12-8-5-9-13-17/h4-13,20H,14-15H2,1-3H3. The molecule has 2 aromatic carbocycles. The molecule has 3 rings (SSSR count). The van der Waals surface area contributed by atoms with E-state index < -0.39 is 0 Å². The van der Waals surface area contributed by atoms with Crippen LogP contribution in [0.1, 0.15) is 36.7 Å². The van der Waals surface area contributed by atoms with Gasteiger partial charge in [-0.2, -0.15) is 0 Å². The summed E-state index contributed by atoms with van der Waals surface area (Å²) in [6.45, 7) is 7.11. The molecule has 130 valence electrons. The second-order valence-corrected chi connectivity index (χ2v) is 7.57. The van der Waals surface area contributed by atoms with Crippen LogP contribution >= 0.6 is 0 Å². The first-order chi connectivity index (χ1) is 11.9. The fourth-order valence-electron chi connectivity index (χ4n) is 3.48. The normalized spacial score (nSPS) is 18.6. The minimum Gasteiger partial charge on any atom is -0.273 e. The van der Waals surface area contributed by atoms with Crippen LogP contribution in [0.5, 0.6) is 0 Å². The van der Waals surface area contributed by atoms with Crippen molar-refractivity contribution < 1.29 is 9.59 Å². The number of amides is 2. The number of hydrogen-bond acceptors (Lipinski definition) is 3. The summed E-state index contributed by atoms with van der Waals surface area (Å²) in [5.74, 6) is -0.356. The molecule has 0 aliphatic carbocycles. The predicted molar refractivity (Wildman–Crippen MR) is 97.7 cm³/mol. The lowest BCUT2D eigenvalue weighted by Crippen LogP contribution is -2.50. The molecule has 0 aromatic heterocycles. The Bertz CT molecular complexity index is 750. The van der Waals surface area contributed by atoms with Gasteiger partial charge in [0.05, 0.1) is 12.7 Å². The molecule has 1 aliphatic rings. The maximum absolute atomic E-state index is 13.0. The summed E-state index contributed by atoms with van der Waals surface area (Å²) in [4.78, 5) is 29.2. The molecule has 4 heteroatoms. The predicted octanol–water partition coefficient (Wildman–Crippen LogP) is 3.54. The molecule has 2 aromatic rings. The topological polar surface area (TPSA) is 40.6 Å². The molecular weight excluding hydrogens is 312 g/mol. The fraction of sp³-hybridized carbons (Fsp3) is 0.333. The Morgan fingerprint density at radius 3 is 2.12 bits per heavy atom. The van der Waals surface area contributed by atoms with Crippen LogP contribution in [0.3, 0.4) is 0 Å². The highest BCUT2D eigenvalue weighted by Gasteiger charge is 2.47. The minimum absolute atomic E-state index is 0.135. The van der Waals surface area contributed by atoms with E-state index in [0.717, 1.165) is 5.56 Å². The van der Waals surface area contributed by atoms with Crippen LogP contribution in [0, 0.1) is 5.41 Å².